The van der Waals surface area contributed by atoms with Crippen LogP contribution in [0.25, 0.3) is 0 Å². The van der Waals surface area contributed by atoms with E-state index in [0.717, 1.165) is 0 Å². The van der Waals surface area contributed by atoms with Crippen molar-refractivity contribution in [3.8, 4) is 0 Å². The van der Waals surface area contributed by atoms with Crippen LogP contribution < -0.4 is 11.2 Å². The Morgan fingerprint density at radius 2 is 2.33 bits per heavy atom. The van der Waals surface area contributed by atoms with Crippen molar-refractivity contribution in [1.82, 2.24) is 4.98 Å². The lowest BCUT2D eigenvalue weighted by Gasteiger charge is -2.00. The third-order valence-electron chi connectivity index (χ3n) is 1.38. The molecule has 0 aliphatic heterocycles. The fraction of sp³-hybridized carbons (Fsp3) is 0.143. The average Bonchev–Trinajstić information content (AvgIpc) is 2.03. The Kier molecular flexibility index (Phi) is 2.14. The van der Waals surface area contributed by atoms with E-state index in [1.54, 1.807) is 0 Å². The average molecular weight is 168 g/mol. The number of carbonyl (C=O) groups excluding carboxylic acids is 1. The molecule has 0 saturated heterocycles. The highest BCUT2D eigenvalue weighted by atomic mass is 16.5. The number of rotatable bonds is 1. The Morgan fingerprint density at radius 3 is 2.83 bits per heavy atom. The number of hydrogen-bond donors (Lipinski definition) is 2. The van der Waals surface area contributed by atoms with Crippen LogP contribution in [0.5, 0.6) is 0 Å². The molecular weight excluding hydrogens is 160 g/mol. The second kappa shape index (κ2) is 3.08. The third kappa shape index (κ3) is 1.29. The van der Waals surface area contributed by atoms with Crippen molar-refractivity contribution in [2.75, 3.05) is 12.8 Å². The van der Waals surface area contributed by atoms with E-state index >= 15 is 0 Å². The summed E-state index contributed by atoms with van der Waals surface area (Å²) < 4.78 is 4.36. The summed E-state index contributed by atoms with van der Waals surface area (Å²) >= 11 is 0. The lowest BCUT2D eigenvalue weighted by atomic mass is 10.2. The number of ether oxygens (including phenoxy) is 1. The quantitative estimate of drug-likeness (QED) is 0.566. The Morgan fingerprint density at radius 1 is 1.67 bits per heavy atom. The topological polar surface area (TPSA) is 85.2 Å². The number of anilines is 1. The highest BCUT2D eigenvalue weighted by Gasteiger charge is 2.13. The van der Waals surface area contributed by atoms with Gasteiger partial charge in [0.1, 0.15) is 11.4 Å². The van der Waals surface area contributed by atoms with Crippen LogP contribution in [-0.4, -0.2) is 18.1 Å². The maximum atomic E-state index is 11.0. The van der Waals surface area contributed by atoms with Crippen LogP contribution >= 0.6 is 0 Å². The van der Waals surface area contributed by atoms with E-state index in [-0.39, 0.29) is 11.4 Å². The van der Waals surface area contributed by atoms with Crippen molar-refractivity contribution in [3.63, 3.8) is 0 Å². The van der Waals surface area contributed by atoms with Crippen molar-refractivity contribution in [2.24, 2.45) is 0 Å². The number of methoxy groups -OCH3 is 1. The molecule has 0 fully saturated rings. The van der Waals surface area contributed by atoms with E-state index in [9.17, 15) is 9.59 Å². The molecule has 1 aromatic rings. The van der Waals surface area contributed by atoms with Gasteiger partial charge in [-0.05, 0) is 0 Å². The van der Waals surface area contributed by atoms with Gasteiger partial charge in [-0.3, -0.25) is 4.79 Å². The zero-order valence-corrected chi connectivity index (χ0v) is 6.46. The summed E-state index contributed by atoms with van der Waals surface area (Å²) in [7, 11) is 1.19. The van der Waals surface area contributed by atoms with Crippen LogP contribution in [0, 0.1) is 0 Å². The predicted molar refractivity (Wildman–Crippen MR) is 42.8 cm³/mol. The van der Waals surface area contributed by atoms with E-state index < -0.39 is 11.4 Å². The maximum absolute atomic E-state index is 11.0. The number of aromatic nitrogens is 1. The van der Waals surface area contributed by atoms with E-state index in [1.165, 1.54) is 19.4 Å². The highest BCUT2D eigenvalue weighted by molar-refractivity contribution is 5.93. The van der Waals surface area contributed by atoms with Crippen molar-refractivity contribution in [3.05, 3.63) is 28.0 Å². The molecule has 1 rings (SSSR count). The monoisotopic (exact) mass is 168 g/mol. The van der Waals surface area contributed by atoms with Crippen LogP contribution in [-0.2, 0) is 4.74 Å². The van der Waals surface area contributed by atoms with Crippen LogP contribution in [0.2, 0.25) is 0 Å². The number of esters is 1. The first-order valence-electron chi connectivity index (χ1n) is 3.22. The zero-order chi connectivity index (χ0) is 9.14. The molecule has 0 aliphatic rings. The highest BCUT2D eigenvalue weighted by Crippen LogP contribution is 2.01. The Labute approximate surface area is 68.2 Å². The lowest BCUT2D eigenvalue weighted by Crippen LogP contribution is -2.18. The predicted octanol–water partition coefficient (Wildman–Crippen LogP) is -0.256. The van der Waals surface area contributed by atoms with E-state index in [0.29, 0.717) is 0 Å². The van der Waals surface area contributed by atoms with Crippen LogP contribution in [0.15, 0.2) is 17.1 Å². The van der Waals surface area contributed by atoms with Crippen LogP contribution in [0.4, 0.5) is 5.82 Å². The van der Waals surface area contributed by atoms with Gasteiger partial charge in [-0.25, -0.2) is 4.79 Å². The third-order valence-corrected chi connectivity index (χ3v) is 1.38. The number of nitrogens with two attached hydrogens (primary N) is 1. The van der Waals surface area contributed by atoms with Gasteiger partial charge in [0.25, 0.3) is 0 Å². The summed E-state index contributed by atoms with van der Waals surface area (Å²) in [4.78, 5) is 24.5. The Hall–Kier alpha value is -1.78. The van der Waals surface area contributed by atoms with E-state index in [4.69, 9.17) is 5.73 Å². The van der Waals surface area contributed by atoms with Crippen molar-refractivity contribution in [2.45, 2.75) is 0 Å². The molecule has 1 heterocycles. The Bertz CT molecular complexity index is 356. The van der Waals surface area contributed by atoms with E-state index in [2.05, 4.69) is 9.72 Å². The van der Waals surface area contributed by atoms with Gasteiger partial charge < -0.3 is 15.5 Å². The molecule has 0 aliphatic carbocycles. The number of carbonyl (C=O) groups is 1. The normalized spacial score (nSPS) is 9.42. The standard InChI is InChI=1S/C7H8N2O3/c1-12-7(11)5-4(10)2-3-9-6(5)8/h2-3H,1H3,(H3,8,9,10). The summed E-state index contributed by atoms with van der Waals surface area (Å²) in [5.41, 5.74) is 4.74. The van der Waals surface area contributed by atoms with Crippen LogP contribution in [0.1, 0.15) is 10.4 Å². The zero-order valence-electron chi connectivity index (χ0n) is 6.46. The second-order valence-corrected chi connectivity index (χ2v) is 2.12. The summed E-state index contributed by atoms with van der Waals surface area (Å²) in [5, 5.41) is 0. The van der Waals surface area contributed by atoms with Crippen molar-refractivity contribution in [1.29, 1.82) is 0 Å². The van der Waals surface area contributed by atoms with Gasteiger partial charge >= 0.3 is 5.97 Å². The molecule has 0 aromatic carbocycles. The fourth-order valence-electron chi connectivity index (χ4n) is 0.808. The largest absolute Gasteiger partial charge is 0.465 e. The van der Waals surface area contributed by atoms with Gasteiger partial charge in [-0.2, -0.15) is 0 Å². The SMILES string of the molecule is COC(=O)c1c(N)[nH]ccc1=O. The van der Waals surface area contributed by atoms with Crippen LogP contribution in [0.3, 0.4) is 0 Å². The van der Waals surface area contributed by atoms with Crippen molar-refractivity contribution < 1.29 is 9.53 Å². The van der Waals surface area contributed by atoms with Gasteiger partial charge in [-0.15, -0.1) is 0 Å². The molecule has 0 bridgehead atoms. The van der Waals surface area contributed by atoms with Gasteiger partial charge in [-0.1, -0.05) is 0 Å². The van der Waals surface area contributed by atoms with Gasteiger partial charge in [0, 0.05) is 12.3 Å². The molecule has 0 saturated carbocycles. The summed E-state index contributed by atoms with van der Waals surface area (Å²) in [6.07, 6.45) is 1.37. The molecular formula is C7H8N2O3. The molecule has 5 heteroatoms. The second-order valence-electron chi connectivity index (χ2n) is 2.12. The van der Waals surface area contributed by atoms with Gasteiger partial charge in [0.2, 0.25) is 0 Å². The summed E-state index contributed by atoms with van der Waals surface area (Å²) in [6, 6.07) is 1.21. The fourth-order valence-corrected chi connectivity index (χ4v) is 0.808. The first kappa shape index (κ1) is 8.32. The maximum Gasteiger partial charge on any atom is 0.345 e. The van der Waals surface area contributed by atoms with Gasteiger partial charge in [0.05, 0.1) is 7.11 Å². The molecule has 0 radical (unpaired) electrons. The molecule has 64 valence electrons. The molecule has 1 aromatic heterocycles. The Balaban J connectivity index is 3.31. The van der Waals surface area contributed by atoms with Crippen molar-refractivity contribution >= 4 is 11.8 Å². The number of aromatic amines is 1. The summed E-state index contributed by atoms with van der Waals surface area (Å²) in [6.45, 7) is 0. The molecule has 5 nitrogen and oxygen atoms in total. The van der Waals surface area contributed by atoms with E-state index in [1.807, 2.05) is 0 Å². The number of H-pyrrole nitrogens is 1. The lowest BCUT2D eigenvalue weighted by molar-refractivity contribution is 0.0600. The first-order chi connectivity index (χ1) is 5.66. The van der Waals surface area contributed by atoms with Gasteiger partial charge in [0.15, 0.2) is 5.43 Å². The number of nitrogens with one attached hydrogen (secondary N) is 1. The minimum atomic E-state index is -0.727. The first-order valence-corrected chi connectivity index (χ1v) is 3.22. The number of nitrogen functional groups attached to an aromatic ring is 1. The number of hydrogen-bond acceptors (Lipinski definition) is 4. The molecule has 0 atom stereocenters. The number of pyridine rings is 1. The minimum Gasteiger partial charge on any atom is -0.465 e. The molecule has 3 N–H and O–H groups in total. The molecule has 12 heavy (non-hydrogen) atoms. The summed E-state index contributed by atoms with van der Waals surface area (Å²) in [5.74, 6) is -0.705. The molecule has 0 spiro atoms. The molecule has 0 unspecified atom stereocenters. The molecule has 0 amide bonds. The minimum absolute atomic E-state index is 0.0225. The smallest absolute Gasteiger partial charge is 0.345 e.